The Morgan fingerprint density at radius 3 is 3.00 bits per heavy atom. The number of aliphatic hydroxyl groups is 1. The number of hydrogen-bond acceptors (Lipinski definition) is 5. The van der Waals surface area contributed by atoms with Gasteiger partial charge in [0.1, 0.15) is 5.76 Å². The van der Waals surface area contributed by atoms with E-state index in [0.29, 0.717) is 11.6 Å². The first-order chi connectivity index (χ1) is 9.62. The first-order valence-electron chi connectivity index (χ1n) is 7.21. The van der Waals surface area contributed by atoms with Crippen LogP contribution in [-0.2, 0) is 0 Å². The molecular formula is C14H20N2O3S. The van der Waals surface area contributed by atoms with Gasteiger partial charge in [-0.1, -0.05) is 12.1 Å². The number of carbonyl (C=O) groups is 1. The van der Waals surface area contributed by atoms with Gasteiger partial charge in [0.25, 0.3) is 5.91 Å². The first-order valence-corrected chi connectivity index (χ1v) is 8.26. The number of nitrogens with zero attached hydrogens (tertiary/aromatic N) is 1. The van der Waals surface area contributed by atoms with E-state index in [4.69, 9.17) is 4.52 Å². The van der Waals surface area contributed by atoms with Crippen molar-refractivity contribution < 1.29 is 14.4 Å². The highest BCUT2D eigenvalue weighted by Gasteiger charge is 2.45. The Hall–Kier alpha value is -1.01. The van der Waals surface area contributed by atoms with Crippen molar-refractivity contribution in [3.05, 3.63) is 17.5 Å². The van der Waals surface area contributed by atoms with Crippen LogP contribution in [0.3, 0.4) is 0 Å². The van der Waals surface area contributed by atoms with E-state index in [1.54, 1.807) is 17.8 Å². The molecule has 1 aromatic rings. The van der Waals surface area contributed by atoms with E-state index < -0.39 is 5.60 Å². The monoisotopic (exact) mass is 296 g/mol. The molecule has 2 N–H and O–H groups in total. The van der Waals surface area contributed by atoms with Gasteiger partial charge in [-0.15, -0.1) is 0 Å². The van der Waals surface area contributed by atoms with Crippen molar-refractivity contribution in [1.29, 1.82) is 0 Å². The molecule has 2 aliphatic carbocycles. The van der Waals surface area contributed by atoms with Crippen LogP contribution in [0, 0.1) is 0 Å². The molecule has 0 radical (unpaired) electrons. The zero-order chi connectivity index (χ0) is 14.2. The normalized spacial score (nSPS) is 29.0. The molecule has 1 heterocycles. The van der Waals surface area contributed by atoms with E-state index in [1.165, 1.54) is 0 Å². The van der Waals surface area contributed by atoms with Gasteiger partial charge in [0.05, 0.1) is 5.60 Å². The minimum atomic E-state index is -0.764. The maximum atomic E-state index is 12.0. The van der Waals surface area contributed by atoms with Crippen molar-refractivity contribution in [2.75, 3.05) is 12.3 Å². The highest BCUT2D eigenvalue weighted by molar-refractivity contribution is 8.00. The molecule has 2 saturated carbocycles. The summed E-state index contributed by atoms with van der Waals surface area (Å²) >= 11 is 1.75. The highest BCUT2D eigenvalue weighted by atomic mass is 32.2. The summed E-state index contributed by atoms with van der Waals surface area (Å²) in [6, 6.07) is 1.72. The predicted octanol–water partition coefficient (Wildman–Crippen LogP) is 1.93. The first kappa shape index (κ1) is 13.9. The van der Waals surface area contributed by atoms with E-state index in [1.807, 2.05) is 0 Å². The molecule has 6 heteroatoms. The van der Waals surface area contributed by atoms with Crippen molar-refractivity contribution in [3.8, 4) is 0 Å². The molecule has 0 unspecified atom stereocenters. The van der Waals surface area contributed by atoms with E-state index in [2.05, 4.69) is 17.4 Å². The Morgan fingerprint density at radius 2 is 2.40 bits per heavy atom. The molecule has 3 rings (SSSR count). The Labute approximate surface area is 122 Å². The summed E-state index contributed by atoms with van der Waals surface area (Å²) in [5, 5.41) is 17.2. The molecule has 110 valence electrons. The van der Waals surface area contributed by atoms with Crippen LogP contribution < -0.4 is 5.32 Å². The lowest BCUT2D eigenvalue weighted by Gasteiger charge is -2.44. The van der Waals surface area contributed by atoms with Crippen LogP contribution in [-0.4, -0.2) is 39.3 Å². The molecule has 0 aliphatic heterocycles. The Bertz CT molecular complexity index is 500. The number of aromatic nitrogens is 1. The van der Waals surface area contributed by atoms with Crippen LogP contribution in [0.25, 0.3) is 0 Å². The lowest BCUT2D eigenvalue weighted by Crippen LogP contribution is -2.57. The summed E-state index contributed by atoms with van der Waals surface area (Å²) < 4.78 is 5.16. The standard InChI is InChI=1S/C14H20N2O3S/c1-2-20-12-5-6-14(12,18)8-15-13(17)10-7-11(19-16-10)9-3-4-9/h7,9,12,18H,2-6,8H2,1H3,(H,15,17)/t12-,14+/m1/s1. The molecule has 20 heavy (non-hydrogen) atoms. The second-order valence-corrected chi connectivity index (χ2v) is 7.14. The smallest absolute Gasteiger partial charge is 0.273 e. The third-order valence-corrected chi connectivity index (χ3v) is 5.51. The second kappa shape index (κ2) is 5.41. The molecule has 5 nitrogen and oxygen atoms in total. The maximum absolute atomic E-state index is 12.0. The lowest BCUT2D eigenvalue weighted by molar-refractivity contribution is -0.0222. The molecule has 2 fully saturated rings. The van der Waals surface area contributed by atoms with Gasteiger partial charge in [0.2, 0.25) is 0 Å². The molecular weight excluding hydrogens is 276 g/mol. The van der Waals surface area contributed by atoms with Crippen molar-refractivity contribution >= 4 is 17.7 Å². The zero-order valence-electron chi connectivity index (χ0n) is 11.6. The van der Waals surface area contributed by atoms with E-state index in [0.717, 1.165) is 37.2 Å². The number of hydrogen-bond donors (Lipinski definition) is 2. The van der Waals surface area contributed by atoms with Gasteiger partial charge in [-0.05, 0) is 31.4 Å². The highest BCUT2D eigenvalue weighted by Crippen LogP contribution is 2.41. The van der Waals surface area contributed by atoms with Crippen LogP contribution in [0.5, 0.6) is 0 Å². The SMILES string of the molecule is CCS[C@@H]1CC[C@]1(O)CNC(=O)c1cc(C2CC2)on1. The second-order valence-electron chi connectivity index (χ2n) is 5.66. The summed E-state index contributed by atoms with van der Waals surface area (Å²) in [7, 11) is 0. The van der Waals surface area contributed by atoms with Gasteiger partial charge >= 0.3 is 0 Å². The number of thioether (sulfide) groups is 1. The molecule has 1 amide bonds. The molecule has 0 bridgehead atoms. The molecule has 2 atom stereocenters. The van der Waals surface area contributed by atoms with Gasteiger partial charge < -0.3 is 14.9 Å². The fourth-order valence-electron chi connectivity index (χ4n) is 2.52. The van der Waals surface area contributed by atoms with Crippen LogP contribution in [0.4, 0.5) is 0 Å². The number of nitrogens with one attached hydrogen (secondary N) is 1. The van der Waals surface area contributed by atoms with Crippen LogP contribution in [0.1, 0.15) is 54.8 Å². The van der Waals surface area contributed by atoms with Crippen molar-refractivity contribution in [3.63, 3.8) is 0 Å². The third-order valence-electron chi connectivity index (χ3n) is 4.10. The molecule has 0 aromatic carbocycles. The maximum Gasteiger partial charge on any atom is 0.273 e. The largest absolute Gasteiger partial charge is 0.387 e. The third kappa shape index (κ3) is 2.72. The van der Waals surface area contributed by atoms with E-state index >= 15 is 0 Å². The van der Waals surface area contributed by atoms with Crippen molar-refractivity contribution in [1.82, 2.24) is 10.5 Å². The lowest BCUT2D eigenvalue weighted by atomic mass is 9.79. The summed E-state index contributed by atoms with van der Waals surface area (Å²) in [4.78, 5) is 12.0. The fourth-order valence-corrected chi connectivity index (χ4v) is 3.72. The van der Waals surface area contributed by atoms with Gasteiger partial charge in [0.15, 0.2) is 5.69 Å². The fraction of sp³-hybridized carbons (Fsp3) is 0.714. The molecule has 0 spiro atoms. The number of amides is 1. The quantitative estimate of drug-likeness (QED) is 0.839. The average molecular weight is 296 g/mol. The van der Waals surface area contributed by atoms with Gasteiger partial charge in [-0.3, -0.25) is 4.79 Å². The summed E-state index contributed by atoms with van der Waals surface area (Å²) in [5.74, 6) is 1.97. The molecule has 0 saturated heterocycles. The van der Waals surface area contributed by atoms with Crippen molar-refractivity contribution in [2.24, 2.45) is 0 Å². The molecule has 2 aliphatic rings. The minimum absolute atomic E-state index is 0.229. The van der Waals surface area contributed by atoms with Gasteiger partial charge in [-0.25, -0.2) is 0 Å². The average Bonchev–Trinajstić information content (AvgIpc) is 3.18. The Morgan fingerprint density at radius 1 is 1.60 bits per heavy atom. The van der Waals surface area contributed by atoms with E-state index in [-0.39, 0.29) is 17.7 Å². The Kier molecular flexibility index (Phi) is 3.77. The number of rotatable bonds is 6. The zero-order valence-corrected chi connectivity index (χ0v) is 12.4. The van der Waals surface area contributed by atoms with Crippen LogP contribution in [0.15, 0.2) is 10.6 Å². The van der Waals surface area contributed by atoms with Crippen molar-refractivity contribution in [2.45, 2.75) is 49.4 Å². The summed E-state index contributed by atoms with van der Waals surface area (Å²) in [6.45, 7) is 2.37. The van der Waals surface area contributed by atoms with Crippen LogP contribution >= 0.6 is 11.8 Å². The van der Waals surface area contributed by atoms with Crippen LogP contribution in [0.2, 0.25) is 0 Å². The number of carbonyl (C=O) groups excluding carboxylic acids is 1. The van der Waals surface area contributed by atoms with Gasteiger partial charge in [0, 0.05) is 23.8 Å². The summed E-state index contributed by atoms with van der Waals surface area (Å²) in [6.07, 6.45) is 4.00. The minimum Gasteiger partial charge on any atom is -0.387 e. The topological polar surface area (TPSA) is 75.4 Å². The summed E-state index contributed by atoms with van der Waals surface area (Å²) in [5.41, 5.74) is -0.450. The van der Waals surface area contributed by atoms with Gasteiger partial charge in [-0.2, -0.15) is 11.8 Å². The van der Waals surface area contributed by atoms with E-state index in [9.17, 15) is 9.90 Å². The molecule has 1 aromatic heterocycles. The Balaban J connectivity index is 1.53. The predicted molar refractivity (Wildman–Crippen MR) is 76.9 cm³/mol.